The Morgan fingerprint density at radius 3 is 2.55 bits per heavy atom. The molecule has 0 bridgehead atoms. The number of benzene rings is 3. The molecule has 1 heterocycles. The molecular weight excluding hydrogens is 362 g/mol. The van der Waals surface area contributed by atoms with E-state index in [1.165, 1.54) is 11.1 Å². The highest BCUT2D eigenvalue weighted by Gasteiger charge is 2.44. The minimum Gasteiger partial charge on any atom is -0.494 e. The maximum atomic E-state index is 11.9. The van der Waals surface area contributed by atoms with Gasteiger partial charge in [0.1, 0.15) is 5.75 Å². The minimum absolute atomic E-state index is 0.0380. The number of para-hydroxylation sites is 1. The summed E-state index contributed by atoms with van der Waals surface area (Å²) in [6.45, 7) is 2.61. The van der Waals surface area contributed by atoms with Gasteiger partial charge >= 0.3 is 5.97 Å². The van der Waals surface area contributed by atoms with Gasteiger partial charge in [-0.2, -0.15) is 0 Å². The van der Waals surface area contributed by atoms with Crippen molar-refractivity contribution in [2.45, 2.75) is 25.3 Å². The third-order valence-electron chi connectivity index (χ3n) is 6.21. The Morgan fingerprint density at radius 2 is 1.79 bits per heavy atom. The maximum Gasteiger partial charge on any atom is 0.337 e. The van der Waals surface area contributed by atoms with Crippen molar-refractivity contribution in [2.75, 3.05) is 11.9 Å². The van der Waals surface area contributed by atoms with E-state index in [-0.39, 0.29) is 12.0 Å². The van der Waals surface area contributed by atoms with Gasteiger partial charge in [-0.3, -0.25) is 0 Å². The molecule has 5 rings (SSSR count). The first-order valence-electron chi connectivity index (χ1n) is 10.1. The van der Waals surface area contributed by atoms with Crippen molar-refractivity contribution in [1.82, 2.24) is 0 Å². The fourth-order valence-corrected chi connectivity index (χ4v) is 5.03. The topological polar surface area (TPSA) is 58.6 Å². The molecule has 2 N–H and O–H groups in total. The summed E-state index contributed by atoms with van der Waals surface area (Å²) >= 11 is 0. The normalized spacial score (nSPS) is 21.5. The van der Waals surface area contributed by atoms with Crippen LogP contribution < -0.4 is 10.1 Å². The highest BCUT2D eigenvalue weighted by molar-refractivity contribution is 5.96. The summed E-state index contributed by atoms with van der Waals surface area (Å²) < 4.78 is 5.59. The van der Waals surface area contributed by atoms with Crippen LogP contribution in [0.25, 0.3) is 0 Å². The first-order chi connectivity index (χ1) is 14.2. The average molecular weight is 385 g/mol. The first-order valence-corrected chi connectivity index (χ1v) is 10.1. The third kappa shape index (κ3) is 2.87. The summed E-state index contributed by atoms with van der Waals surface area (Å²) in [5.74, 6) is 0.481. The molecule has 1 aliphatic carbocycles. The van der Waals surface area contributed by atoms with Gasteiger partial charge in [-0.25, -0.2) is 4.79 Å². The predicted molar refractivity (Wildman–Crippen MR) is 113 cm³/mol. The van der Waals surface area contributed by atoms with Crippen LogP contribution in [0.1, 0.15) is 51.5 Å². The molecule has 0 amide bonds. The number of anilines is 1. The quantitative estimate of drug-likeness (QED) is 0.644. The SMILES string of the molecule is CCOc1ccc([C@@H]2Nc3c(C(=O)O)cccc3[C@H]3c4ccccc4C[C@@H]32)cc1. The van der Waals surface area contributed by atoms with E-state index in [4.69, 9.17) is 4.74 Å². The summed E-state index contributed by atoms with van der Waals surface area (Å²) in [7, 11) is 0. The number of aromatic carboxylic acids is 1. The Hall–Kier alpha value is -3.27. The number of carbonyl (C=O) groups is 1. The van der Waals surface area contributed by atoms with E-state index >= 15 is 0 Å². The van der Waals surface area contributed by atoms with Gasteiger partial charge in [0.15, 0.2) is 0 Å². The Morgan fingerprint density at radius 1 is 1.03 bits per heavy atom. The zero-order chi connectivity index (χ0) is 20.0. The summed E-state index contributed by atoms with van der Waals surface area (Å²) in [5.41, 5.74) is 6.00. The van der Waals surface area contributed by atoms with Crippen LogP contribution in [0.3, 0.4) is 0 Å². The largest absolute Gasteiger partial charge is 0.494 e. The molecule has 4 nitrogen and oxygen atoms in total. The number of carboxylic acids is 1. The van der Waals surface area contributed by atoms with Crippen LogP contribution in [0.5, 0.6) is 5.75 Å². The minimum atomic E-state index is -0.899. The lowest BCUT2D eigenvalue weighted by Gasteiger charge is -2.38. The van der Waals surface area contributed by atoms with Crippen molar-refractivity contribution in [2.24, 2.45) is 5.92 Å². The molecule has 0 saturated heterocycles. The molecule has 0 fully saturated rings. The molecule has 1 aliphatic heterocycles. The summed E-state index contributed by atoms with van der Waals surface area (Å²) in [6, 6.07) is 22.4. The fourth-order valence-electron chi connectivity index (χ4n) is 5.03. The Labute approximate surface area is 170 Å². The molecule has 0 unspecified atom stereocenters. The van der Waals surface area contributed by atoms with Crippen LogP contribution in [-0.2, 0) is 6.42 Å². The van der Waals surface area contributed by atoms with Crippen LogP contribution in [0.15, 0.2) is 66.7 Å². The number of nitrogens with one attached hydrogen (secondary N) is 1. The molecule has 0 saturated carbocycles. The maximum absolute atomic E-state index is 11.9. The van der Waals surface area contributed by atoms with Crippen LogP contribution in [0.4, 0.5) is 5.69 Å². The van der Waals surface area contributed by atoms with Crippen LogP contribution in [0.2, 0.25) is 0 Å². The van der Waals surface area contributed by atoms with Crippen molar-refractivity contribution in [3.63, 3.8) is 0 Å². The van der Waals surface area contributed by atoms with Crippen molar-refractivity contribution >= 4 is 11.7 Å². The van der Waals surface area contributed by atoms with Crippen LogP contribution in [0, 0.1) is 5.92 Å². The molecule has 3 aromatic carbocycles. The molecular formula is C25H23NO3. The summed E-state index contributed by atoms with van der Waals surface area (Å²) in [4.78, 5) is 11.9. The third-order valence-corrected chi connectivity index (χ3v) is 6.21. The molecule has 3 aromatic rings. The molecule has 3 atom stereocenters. The Kier molecular flexibility index (Phi) is 4.27. The molecule has 4 heteroatoms. The standard InChI is InChI=1S/C25H23NO3/c1-2-29-17-12-10-15(11-13-17)23-21-14-16-6-3-4-7-18(16)22(21)19-8-5-9-20(25(27)28)24(19)26-23/h3-13,21-23,26H,2,14H2,1H3,(H,27,28)/t21-,22+,23-/m0/s1. The first kappa shape index (κ1) is 17.8. The van der Waals surface area contributed by atoms with Crippen molar-refractivity contribution < 1.29 is 14.6 Å². The molecule has 0 aromatic heterocycles. The highest BCUT2D eigenvalue weighted by Crippen LogP contribution is 2.54. The molecule has 0 radical (unpaired) electrons. The number of fused-ring (bicyclic) bond motifs is 5. The highest BCUT2D eigenvalue weighted by atomic mass is 16.5. The predicted octanol–water partition coefficient (Wildman–Crippen LogP) is 5.25. The van der Waals surface area contributed by atoms with Gasteiger partial charge in [0.2, 0.25) is 0 Å². The summed E-state index contributed by atoms with van der Waals surface area (Å²) in [6.07, 6.45) is 0.975. The zero-order valence-corrected chi connectivity index (χ0v) is 16.3. The number of hydrogen-bond donors (Lipinski definition) is 2. The van der Waals surface area contributed by atoms with Crippen molar-refractivity contribution in [3.05, 3.63) is 94.5 Å². The number of carboxylic acid groups (broad SMARTS) is 1. The van der Waals surface area contributed by atoms with Gasteiger partial charge in [-0.05, 0) is 59.7 Å². The van der Waals surface area contributed by atoms with E-state index in [2.05, 4.69) is 47.8 Å². The van der Waals surface area contributed by atoms with Crippen molar-refractivity contribution in [1.29, 1.82) is 0 Å². The Balaban J connectivity index is 1.64. The van der Waals surface area contributed by atoms with Gasteiger partial charge in [-0.1, -0.05) is 48.5 Å². The fraction of sp³-hybridized carbons (Fsp3) is 0.240. The molecule has 29 heavy (non-hydrogen) atoms. The van der Waals surface area contributed by atoms with Gasteiger partial charge in [0.05, 0.1) is 23.9 Å². The second-order valence-electron chi connectivity index (χ2n) is 7.74. The van der Waals surface area contributed by atoms with Gasteiger partial charge in [0, 0.05) is 5.92 Å². The Bertz CT molecular complexity index is 1070. The van der Waals surface area contributed by atoms with Crippen LogP contribution >= 0.6 is 0 Å². The second-order valence-corrected chi connectivity index (χ2v) is 7.74. The lowest BCUT2D eigenvalue weighted by atomic mass is 9.75. The van der Waals surface area contributed by atoms with Gasteiger partial charge in [-0.15, -0.1) is 0 Å². The van der Waals surface area contributed by atoms with Crippen molar-refractivity contribution in [3.8, 4) is 5.75 Å². The monoisotopic (exact) mass is 385 g/mol. The zero-order valence-electron chi connectivity index (χ0n) is 16.3. The lowest BCUT2D eigenvalue weighted by molar-refractivity contribution is 0.0697. The lowest BCUT2D eigenvalue weighted by Crippen LogP contribution is -2.31. The average Bonchev–Trinajstić information content (AvgIpc) is 3.13. The van der Waals surface area contributed by atoms with Gasteiger partial charge in [0.25, 0.3) is 0 Å². The molecule has 0 spiro atoms. The van der Waals surface area contributed by atoms with E-state index in [1.807, 2.05) is 25.1 Å². The van der Waals surface area contributed by atoms with E-state index in [1.54, 1.807) is 6.07 Å². The van der Waals surface area contributed by atoms with E-state index in [9.17, 15) is 9.90 Å². The second kappa shape index (κ2) is 6.96. The van der Waals surface area contributed by atoms with E-state index < -0.39 is 5.97 Å². The number of ether oxygens (including phenoxy) is 1. The van der Waals surface area contributed by atoms with E-state index in [0.29, 0.717) is 18.1 Å². The summed E-state index contributed by atoms with van der Waals surface area (Å²) in [5, 5.41) is 13.4. The smallest absolute Gasteiger partial charge is 0.337 e. The van der Waals surface area contributed by atoms with Gasteiger partial charge < -0.3 is 15.2 Å². The number of rotatable bonds is 4. The molecule has 146 valence electrons. The van der Waals surface area contributed by atoms with E-state index in [0.717, 1.165) is 29.0 Å². The van der Waals surface area contributed by atoms with Crippen LogP contribution in [-0.4, -0.2) is 17.7 Å². The molecule has 2 aliphatic rings. The number of hydrogen-bond acceptors (Lipinski definition) is 3.